The molecule has 1 aliphatic heterocycles. The van der Waals surface area contributed by atoms with Gasteiger partial charge < -0.3 is 9.80 Å². The highest BCUT2D eigenvalue weighted by Gasteiger charge is 2.20. The highest BCUT2D eigenvalue weighted by molar-refractivity contribution is 9.08. The Morgan fingerprint density at radius 3 is 2.68 bits per heavy atom. The van der Waals surface area contributed by atoms with Crippen LogP contribution in [0.2, 0.25) is 5.02 Å². The first-order valence-corrected chi connectivity index (χ1v) is 8.34. The summed E-state index contributed by atoms with van der Waals surface area (Å²) in [5.74, 6) is 0.778. The average Bonchev–Trinajstić information content (AvgIpc) is 2.40. The number of likely N-dealkylation sites (tertiary alicyclic amines) is 1. The van der Waals surface area contributed by atoms with E-state index in [1.54, 1.807) is 0 Å². The molecule has 2 nitrogen and oxygen atoms in total. The lowest BCUT2D eigenvalue weighted by Gasteiger charge is -2.33. The van der Waals surface area contributed by atoms with E-state index >= 15 is 0 Å². The Balaban J connectivity index is 2.05. The zero-order chi connectivity index (χ0) is 13.8. The Labute approximate surface area is 129 Å². The maximum absolute atomic E-state index is 6.37. The molecule has 1 heterocycles. The molecule has 0 spiro atoms. The molecule has 4 heteroatoms. The van der Waals surface area contributed by atoms with Gasteiger partial charge in [-0.2, -0.15) is 0 Å². The first-order chi connectivity index (χ1) is 9.11. The van der Waals surface area contributed by atoms with Crippen LogP contribution in [-0.2, 0) is 5.33 Å². The van der Waals surface area contributed by atoms with Crippen molar-refractivity contribution < 1.29 is 0 Å². The largest absolute Gasteiger partial charge is 0.373 e. The number of para-hydroxylation sites is 1. The topological polar surface area (TPSA) is 6.48 Å². The molecule has 1 fully saturated rings. The van der Waals surface area contributed by atoms with E-state index in [2.05, 4.69) is 45.9 Å². The molecule has 1 aromatic rings. The summed E-state index contributed by atoms with van der Waals surface area (Å²) in [5.41, 5.74) is 2.45. The molecule has 1 aromatic carbocycles. The normalized spacial score (nSPS) is 17.7. The molecule has 0 atom stereocenters. The molecule has 0 saturated carbocycles. The summed E-state index contributed by atoms with van der Waals surface area (Å²) >= 11 is 9.93. The summed E-state index contributed by atoms with van der Waals surface area (Å²) in [6.45, 7) is 3.52. The van der Waals surface area contributed by atoms with E-state index in [9.17, 15) is 0 Å². The van der Waals surface area contributed by atoms with E-state index in [0.29, 0.717) is 0 Å². The van der Waals surface area contributed by atoms with E-state index in [1.165, 1.54) is 37.2 Å². The van der Waals surface area contributed by atoms with Crippen LogP contribution in [0, 0.1) is 5.92 Å². The van der Waals surface area contributed by atoms with Gasteiger partial charge in [0.15, 0.2) is 0 Å². The van der Waals surface area contributed by atoms with Crippen molar-refractivity contribution in [3.05, 3.63) is 28.8 Å². The van der Waals surface area contributed by atoms with E-state index in [4.69, 9.17) is 11.6 Å². The fourth-order valence-corrected chi connectivity index (χ4v) is 3.61. The van der Waals surface area contributed by atoms with Crippen LogP contribution in [0.15, 0.2) is 18.2 Å². The third kappa shape index (κ3) is 3.87. The van der Waals surface area contributed by atoms with Crippen LogP contribution in [0.25, 0.3) is 0 Å². The zero-order valence-electron chi connectivity index (χ0n) is 11.7. The van der Waals surface area contributed by atoms with Crippen LogP contribution >= 0.6 is 27.5 Å². The van der Waals surface area contributed by atoms with E-state index in [0.717, 1.165) is 22.8 Å². The second kappa shape index (κ2) is 6.96. The van der Waals surface area contributed by atoms with Crippen LogP contribution in [0.3, 0.4) is 0 Å². The van der Waals surface area contributed by atoms with Crippen LogP contribution < -0.4 is 4.90 Å². The molecule has 0 aromatic heterocycles. The molecule has 0 amide bonds. The second-order valence-corrected chi connectivity index (χ2v) is 6.48. The first-order valence-electron chi connectivity index (χ1n) is 6.85. The number of halogens is 2. The molecule has 0 aliphatic carbocycles. The number of rotatable bonds is 4. The molecule has 1 aliphatic rings. The maximum atomic E-state index is 6.37. The Morgan fingerprint density at radius 1 is 1.37 bits per heavy atom. The van der Waals surface area contributed by atoms with Gasteiger partial charge in [0.1, 0.15) is 0 Å². The molecule has 2 rings (SSSR count). The van der Waals surface area contributed by atoms with Crippen molar-refractivity contribution in [1.82, 2.24) is 4.90 Å². The van der Waals surface area contributed by atoms with Crippen molar-refractivity contribution >= 4 is 33.2 Å². The summed E-state index contributed by atoms with van der Waals surface area (Å²) in [5, 5.41) is 1.70. The first kappa shape index (κ1) is 15.1. The Morgan fingerprint density at radius 2 is 2.05 bits per heavy atom. The van der Waals surface area contributed by atoms with Gasteiger partial charge in [-0.1, -0.05) is 39.7 Å². The van der Waals surface area contributed by atoms with Gasteiger partial charge in [-0.15, -0.1) is 0 Å². The van der Waals surface area contributed by atoms with E-state index in [1.807, 2.05) is 12.1 Å². The second-order valence-electron chi connectivity index (χ2n) is 5.51. The van der Waals surface area contributed by atoms with Crippen molar-refractivity contribution in [2.24, 2.45) is 5.92 Å². The Bertz CT molecular complexity index is 417. The van der Waals surface area contributed by atoms with E-state index < -0.39 is 0 Å². The highest BCUT2D eigenvalue weighted by Crippen LogP contribution is 2.32. The number of hydrogen-bond donors (Lipinski definition) is 0. The standard InChI is InChI=1S/C15H22BrClN2/c1-18-8-6-12(7-9-18)11-19(2)15-13(10-16)4-3-5-14(15)17/h3-5,12H,6-11H2,1-2H3. The van der Waals surface area contributed by atoms with E-state index in [-0.39, 0.29) is 0 Å². The summed E-state index contributed by atoms with van der Waals surface area (Å²) in [6.07, 6.45) is 2.57. The lowest BCUT2D eigenvalue weighted by Crippen LogP contribution is -2.36. The molecule has 106 valence electrons. The fraction of sp³-hybridized carbons (Fsp3) is 0.600. The Hall–Kier alpha value is -0.250. The summed E-state index contributed by atoms with van der Waals surface area (Å²) in [4.78, 5) is 4.74. The van der Waals surface area contributed by atoms with Crippen LogP contribution in [-0.4, -0.2) is 38.6 Å². The average molecular weight is 346 g/mol. The molecule has 0 unspecified atom stereocenters. The van der Waals surface area contributed by atoms with Crippen molar-refractivity contribution in [3.8, 4) is 0 Å². The van der Waals surface area contributed by atoms with Gasteiger partial charge in [0.25, 0.3) is 0 Å². The summed E-state index contributed by atoms with van der Waals surface area (Å²) in [7, 11) is 4.36. The number of nitrogens with zero attached hydrogens (tertiary/aromatic N) is 2. The monoisotopic (exact) mass is 344 g/mol. The van der Waals surface area contributed by atoms with Gasteiger partial charge in [-0.05, 0) is 50.5 Å². The van der Waals surface area contributed by atoms with Crippen LogP contribution in [0.4, 0.5) is 5.69 Å². The van der Waals surface area contributed by atoms with Crippen molar-refractivity contribution in [2.45, 2.75) is 18.2 Å². The molecular formula is C15H22BrClN2. The number of piperidine rings is 1. The number of benzene rings is 1. The third-order valence-electron chi connectivity index (χ3n) is 3.97. The van der Waals surface area contributed by atoms with Crippen LogP contribution in [0.5, 0.6) is 0 Å². The predicted octanol–water partition coefficient (Wildman–Crippen LogP) is 4.01. The maximum Gasteiger partial charge on any atom is 0.0642 e. The smallest absolute Gasteiger partial charge is 0.0642 e. The minimum Gasteiger partial charge on any atom is -0.373 e. The molecule has 0 N–H and O–H groups in total. The van der Waals surface area contributed by atoms with Crippen molar-refractivity contribution in [2.75, 3.05) is 38.6 Å². The zero-order valence-corrected chi connectivity index (χ0v) is 14.0. The highest BCUT2D eigenvalue weighted by atomic mass is 79.9. The molecule has 0 radical (unpaired) electrons. The van der Waals surface area contributed by atoms with Gasteiger partial charge in [-0.3, -0.25) is 0 Å². The third-order valence-corrected chi connectivity index (χ3v) is 4.88. The lowest BCUT2D eigenvalue weighted by atomic mass is 9.96. The van der Waals surface area contributed by atoms with Gasteiger partial charge >= 0.3 is 0 Å². The minimum absolute atomic E-state index is 0.778. The molecule has 0 bridgehead atoms. The number of anilines is 1. The quantitative estimate of drug-likeness (QED) is 0.761. The Kier molecular flexibility index (Phi) is 5.55. The van der Waals surface area contributed by atoms with Gasteiger partial charge in [0.2, 0.25) is 0 Å². The lowest BCUT2D eigenvalue weighted by molar-refractivity contribution is 0.222. The van der Waals surface area contributed by atoms with Crippen LogP contribution in [0.1, 0.15) is 18.4 Å². The molecule has 19 heavy (non-hydrogen) atoms. The molecular weight excluding hydrogens is 324 g/mol. The van der Waals surface area contributed by atoms with Crippen molar-refractivity contribution in [1.29, 1.82) is 0 Å². The SMILES string of the molecule is CN1CCC(CN(C)c2c(Cl)cccc2CBr)CC1. The van der Waals surface area contributed by atoms with Gasteiger partial charge in [0, 0.05) is 18.9 Å². The van der Waals surface area contributed by atoms with Gasteiger partial charge in [0.05, 0.1) is 10.7 Å². The fourth-order valence-electron chi connectivity index (χ4n) is 2.82. The molecule has 1 saturated heterocycles. The summed E-state index contributed by atoms with van der Waals surface area (Å²) < 4.78 is 0. The summed E-state index contributed by atoms with van der Waals surface area (Å²) in [6, 6.07) is 6.14. The van der Waals surface area contributed by atoms with Gasteiger partial charge in [-0.25, -0.2) is 0 Å². The minimum atomic E-state index is 0.778. The number of alkyl halides is 1. The number of hydrogen-bond acceptors (Lipinski definition) is 2. The predicted molar refractivity (Wildman–Crippen MR) is 87.6 cm³/mol. The van der Waals surface area contributed by atoms with Crippen molar-refractivity contribution in [3.63, 3.8) is 0 Å².